The van der Waals surface area contributed by atoms with Gasteiger partial charge in [0.2, 0.25) is 0 Å². The first-order valence-corrected chi connectivity index (χ1v) is 13.0. The summed E-state index contributed by atoms with van der Waals surface area (Å²) >= 11 is 0. The first kappa shape index (κ1) is 22.8. The minimum atomic E-state index is -4.00. The van der Waals surface area contributed by atoms with Crippen molar-refractivity contribution in [3.05, 3.63) is 120 Å². The maximum absolute atomic E-state index is 13.6. The van der Waals surface area contributed by atoms with Gasteiger partial charge in [0, 0.05) is 11.6 Å². The zero-order valence-electron chi connectivity index (χ0n) is 19.7. The van der Waals surface area contributed by atoms with Gasteiger partial charge in [-0.25, -0.2) is 17.3 Å². The van der Waals surface area contributed by atoms with E-state index in [-0.39, 0.29) is 21.5 Å². The van der Waals surface area contributed by atoms with Crippen LogP contribution in [0.4, 0.5) is 5.69 Å². The number of ether oxygens (including phenoxy) is 1. The molecule has 4 aromatic carbocycles. The van der Waals surface area contributed by atoms with Crippen molar-refractivity contribution in [2.24, 2.45) is 0 Å². The Hall–Kier alpha value is -4.69. The van der Waals surface area contributed by atoms with Crippen LogP contribution in [-0.4, -0.2) is 24.2 Å². The molecule has 6 rings (SSSR count). The molecule has 1 aliphatic heterocycles. The number of para-hydroxylation sites is 1. The molecule has 182 valence electrons. The van der Waals surface area contributed by atoms with Gasteiger partial charge in [-0.15, -0.1) is 0 Å². The predicted molar refractivity (Wildman–Crippen MR) is 140 cm³/mol. The number of aromatic nitrogens is 1. The number of amides is 2. The minimum Gasteiger partial charge on any atom is -0.457 e. The second-order valence-corrected chi connectivity index (χ2v) is 10.5. The van der Waals surface area contributed by atoms with Gasteiger partial charge in [-0.1, -0.05) is 42.0 Å². The van der Waals surface area contributed by atoms with E-state index in [0.29, 0.717) is 22.6 Å². The number of hydrogen-bond donors (Lipinski definition) is 0. The van der Waals surface area contributed by atoms with Gasteiger partial charge in [-0.2, -0.15) is 0 Å². The molecule has 2 amide bonds. The fourth-order valence-corrected chi connectivity index (χ4v) is 5.83. The van der Waals surface area contributed by atoms with Crippen molar-refractivity contribution in [1.29, 1.82) is 0 Å². The fraction of sp³-hybridized carbons (Fsp3) is 0.0345. The van der Waals surface area contributed by atoms with Crippen LogP contribution in [0.1, 0.15) is 26.3 Å². The van der Waals surface area contributed by atoms with Crippen LogP contribution in [0, 0.1) is 6.92 Å². The van der Waals surface area contributed by atoms with E-state index < -0.39 is 21.8 Å². The Morgan fingerprint density at radius 2 is 1.38 bits per heavy atom. The van der Waals surface area contributed by atoms with Gasteiger partial charge in [0.15, 0.2) is 0 Å². The Morgan fingerprint density at radius 1 is 0.703 bits per heavy atom. The van der Waals surface area contributed by atoms with Gasteiger partial charge in [-0.3, -0.25) is 9.59 Å². The number of fused-ring (bicyclic) bond motifs is 3. The highest BCUT2D eigenvalue weighted by Gasteiger charge is 2.40. The maximum atomic E-state index is 13.6. The van der Waals surface area contributed by atoms with Crippen molar-refractivity contribution in [3.63, 3.8) is 0 Å². The second kappa shape index (κ2) is 8.46. The number of nitrogens with zero attached hydrogens (tertiary/aromatic N) is 2. The SMILES string of the molecule is Cc1ccc(S(=O)(=O)n2ccc3ccc4c(c32)C(=O)N(c2ccc(Oc3ccccc3)cc2)C4=O)cc1. The molecule has 0 unspecified atom stereocenters. The molecule has 0 fully saturated rings. The highest BCUT2D eigenvalue weighted by molar-refractivity contribution is 7.90. The van der Waals surface area contributed by atoms with Crippen LogP contribution in [0.5, 0.6) is 11.5 Å². The summed E-state index contributed by atoms with van der Waals surface area (Å²) in [6.07, 6.45) is 1.41. The summed E-state index contributed by atoms with van der Waals surface area (Å²) in [5.41, 5.74) is 1.69. The van der Waals surface area contributed by atoms with E-state index in [1.165, 1.54) is 18.3 Å². The topological polar surface area (TPSA) is 85.7 Å². The molecule has 0 saturated carbocycles. The van der Waals surface area contributed by atoms with Crippen LogP contribution in [0.25, 0.3) is 10.9 Å². The number of benzene rings is 4. The van der Waals surface area contributed by atoms with Crippen molar-refractivity contribution >= 4 is 38.4 Å². The van der Waals surface area contributed by atoms with Crippen LogP contribution in [0.15, 0.2) is 108 Å². The van der Waals surface area contributed by atoms with E-state index in [1.54, 1.807) is 54.6 Å². The van der Waals surface area contributed by atoms with Crippen LogP contribution in [0.2, 0.25) is 0 Å². The van der Waals surface area contributed by atoms with E-state index in [1.807, 2.05) is 37.3 Å². The van der Waals surface area contributed by atoms with Crippen LogP contribution < -0.4 is 9.64 Å². The zero-order valence-corrected chi connectivity index (χ0v) is 20.5. The van der Waals surface area contributed by atoms with E-state index >= 15 is 0 Å². The number of imide groups is 1. The fourth-order valence-electron chi connectivity index (χ4n) is 4.47. The molecule has 1 aromatic heterocycles. The standard InChI is InChI=1S/C29H20N2O5S/c1-19-7-14-24(15-8-19)37(34,35)30-18-17-20-9-16-25-26(27(20)30)29(33)31(28(25)32)21-10-12-23(13-11-21)36-22-5-3-2-4-6-22/h2-18H,1H3. The molecular weight excluding hydrogens is 488 g/mol. The molecule has 0 bridgehead atoms. The first-order valence-electron chi connectivity index (χ1n) is 11.5. The summed E-state index contributed by atoms with van der Waals surface area (Å²) in [5.74, 6) is 0.112. The van der Waals surface area contributed by atoms with Crippen LogP contribution >= 0.6 is 0 Å². The monoisotopic (exact) mass is 508 g/mol. The first-order chi connectivity index (χ1) is 17.8. The molecular formula is C29H20N2O5S. The third-order valence-corrected chi connectivity index (χ3v) is 8.01. The quantitative estimate of drug-likeness (QED) is 0.281. The van der Waals surface area contributed by atoms with E-state index in [4.69, 9.17) is 4.74 Å². The van der Waals surface area contributed by atoms with Gasteiger partial charge in [0.25, 0.3) is 21.8 Å². The summed E-state index contributed by atoms with van der Waals surface area (Å²) < 4.78 is 33.9. The molecule has 1 aliphatic rings. The Bertz CT molecular complexity index is 1790. The lowest BCUT2D eigenvalue weighted by Gasteiger charge is -2.15. The Morgan fingerprint density at radius 3 is 2.08 bits per heavy atom. The van der Waals surface area contributed by atoms with Crippen molar-refractivity contribution < 1.29 is 22.7 Å². The third-order valence-electron chi connectivity index (χ3n) is 6.32. The number of rotatable bonds is 5. The number of hydrogen-bond acceptors (Lipinski definition) is 5. The van der Waals surface area contributed by atoms with Crippen molar-refractivity contribution in [3.8, 4) is 11.5 Å². The van der Waals surface area contributed by atoms with Crippen molar-refractivity contribution in [2.75, 3.05) is 4.90 Å². The number of carbonyl (C=O) groups is 2. The lowest BCUT2D eigenvalue weighted by molar-refractivity contribution is 0.0926. The molecule has 2 heterocycles. The average molecular weight is 509 g/mol. The molecule has 5 aromatic rings. The smallest absolute Gasteiger partial charge is 0.268 e. The Balaban J connectivity index is 1.40. The van der Waals surface area contributed by atoms with Crippen LogP contribution in [0.3, 0.4) is 0 Å². The third kappa shape index (κ3) is 3.70. The van der Waals surface area contributed by atoms with Gasteiger partial charge in [0.05, 0.1) is 27.2 Å². The van der Waals surface area contributed by atoms with Gasteiger partial charge >= 0.3 is 0 Å². The van der Waals surface area contributed by atoms with Crippen molar-refractivity contribution in [2.45, 2.75) is 11.8 Å². The summed E-state index contributed by atoms with van der Waals surface area (Å²) in [7, 11) is -4.00. The number of aryl methyl sites for hydroxylation is 1. The highest BCUT2D eigenvalue weighted by atomic mass is 32.2. The second-order valence-electron chi connectivity index (χ2n) is 8.71. The molecule has 0 N–H and O–H groups in total. The van der Waals surface area contributed by atoms with Crippen molar-refractivity contribution in [1.82, 2.24) is 3.97 Å². The largest absolute Gasteiger partial charge is 0.457 e. The average Bonchev–Trinajstić information content (AvgIpc) is 3.45. The zero-order chi connectivity index (χ0) is 25.7. The summed E-state index contributed by atoms with van der Waals surface area (Å²) in [4.78, 5) is 28.1. The molecule has 37 heavy (non-hydrogen) atoms. The highest BCUT2D eigenvalue weighted by Crippen LogP contribution is 2.36. The van der Waals surface area contributed by atoms with E-state index in [0.717, 1.165) is 14.4 Å². The van der Waals surface area contributed by atoms with Gasteiger partial charge < -0.3 is 4.74 Å². The maximum Gasteiger partial charge on any atom is 0.268 e. The molecule has 0 saturated heterocycles. The Labute approximate surface area is 213 Å². The van der Waals surface area contributed by atoms with Crippen LogP contribution in [-0.2, 0) is 10.0 Å². The van der Waals surface area contributed by atoms with E-state index in [9.17, 15) is 18.0 Å². The lowest BCUT2D eigenvalue weighted by Crippen LogP contribution is -2.29. The van der Waals surface area contributed by atoms with Gasteiger partial charge in [-0.05, 0) is 67.6 Å². The molecule has 7 nitrogen and oxygen atoms in total. The minimum absolute atomic E-state index is 0.0628. The normalized spacial score (nSPS) is 13.3. The van der Waals surface area contributed by atoms with Gasteiger partial charge in [0.1, 0.15) is 11.5 Å². The Kier molecular flexibility index (Phi) is 5.20. The van der Waals surface area contributed by atoms with E-state index in [2.05, 4.69) is 0 Å². The molecule has 0 spiro atoms. The number of carbonyl (C=O) groups excluding carboxylic acids is 2. The summed E-state index contributed by atoms with van der Waals surface area (Å²) in [6.45, 7) is 1.87. The summed E-state index contributed by atoms with van der Waals surface area (Å²) in [5, 5.41) is 0.545. The molecule has 8 heteroatoms. The number of anilines is 1. The molecule has 0 radical (unpaired) electrons. The molecule has 0 aliphatic carbocycles. The summed E-state index contributed by atoms with van der Waals surface area (Å²) in [6, 6.07) is 27.2. The molecule has 0 atom stereocenters. The predicted octanol–water partition coefficient (Wildman–Crippen LogP) is 5.78. The lowest BCUT2D eigenvalue weighted by atomic mass is 10.1.